The van der Waals surface area contributed by atoms with Gasteiger partial charge in [-0.15, -0.1) is 5.10 Å². The summed E-state index contributed by atoms with van der Waals surface area (Å²) < 4.78 is 21.4. The molecule has 2 amide bonds. The summed E-state index contributed by atoms with van der Waals surface area (Å²) in [6.07, 6.45) is 0.552. The Morgan fingerprint density at radius 3 is 2.61 bits per heavy atom. The first-order chi connectivity index (χ1) is 14.6. The summed E-state index contributed by atoms with van der Waals surface area (Å²) in [4.78, 5) is 27.2. The first-order valence-electron chi connectivity index (χ1n) is 9.93. The summed E-state index contributed by atoms with van der Waals surface area (Å²) in [7, 11) is 1.62. The van der Waals surface area contributed by atoms with Gasteiger partial charge in [-0.3, -0.25) is 4.79 Å². The van der Waals surface area contributed by atoms with Crippen molar-refractivity contribution in [1.29, 1.82) is 0 Å². The van der Waals surface area contributed by atoms with E-state index < -0.39 is 17.4 Å². The van der Waals surface area contributed by atoms with Crippen LogP contribution < -0.4 is 9.64 Å². The number of amides is 2. The molecule has 0 unspecified atom stereocenters. The molecule has 10 heteroatoms. The zero-order valence-corrected chi connectivity index (χ0v) is 17.8. The van der Waals surface area contributed by atoms with Gasteiger partial charge in [0.1, 0.15) is 5.82 Å². The van der Waals surface area contributed by atoms with E-state index in [1.54, 1.807) is 31.3 Å². The fourth-order valence-corrected chi connectivity index (χ4v) is 3.20. The smallest absolute Gasteiger partial charge is 0.373 e. The number of hydrogen-bond acceptors (Lipinski definition) is 6. The highest BCUT2D eigenvalue weighted by atomic mass is 19.1. The zero-order valence-electron chi connectivity index (χ0n) is 17.8. The van der Waals surface area contributed by atoms with Gasteiger partial charge in [0, 0.05) is 31.1 Å². The molecule has 3 heterocycles. The van der Waals surface area contributed by atoms with Gasteiger partial charge < -0.3 is 14.5 Å². The van der Waals surface area contributed by atoms with E-state index in [1.165, 1.54) is 20.4 Å². The molecule has 1 aliphatic heterocycles. The number of carbonyl (C=O) groups is 2. The summed E-state index contributed by atoms with van der Waals surface area (Å²) in [6.45, 7) is 6.14. The van der Waals surface area contributed by atoms with E-state index in [-0.39, 0.29) is 17.6 Å². The van der Waals surface area contributed by atoms with Crippen molar-refractivity contribution in [3.8, 4) is 17.3 Å². The molecule has 1 fully saturated rings. The Morgan fingerprint density at radius 2 is 1.97 bits per heavy atom. The van der Waals surface area contributed by atoms with Gasteiger partial charge in [-0.05, 0) is 51.5 Å². The van der Waals surface area contributed by atoms with Crippen LogP contribution >= 0.6 is 0 Å². The van der Waals surface area contributed by atoms with Crippen LogP contribution in [-0.4, -0.2) is 55.8 Å². The van der Waals surface area contributed by atoms with E-state index in [0.717, 1.165) is 6.42 Å². The fraction of sp³-hybridized carbons (Fsp3) is 0.381. The predicted octanol–water partition coefficient (Wildman–Crippen LogP) is 3.29. The molecule has 2 aromatic heterocycles. The summed E-state index contributed by atoms with van der Waals surface area (Å²) in [5.41, 5.74) is 1.15. The third-order valence-corrected chi connectivity index (χ3v) is 5.30. The highest BCUT2D eigenvalue weighted by Gasteiger charge is 2.26. The monoisotopic (exact) mass is 426 g/mol. The Labute approximate surface area is 178 Å². The number of anilines is 1. The summed E-state index contributed by atoms with van der Waals surface area (Å²) in [5.74, 6) is -0.584. The van der Waals surface area contributed by atoms with Gasteiger partial charge in [0.15, 0.2) is 5.65 Å². The van der Waals surface area contributed by atoms with Crippen LogP contribution in [0.2, 0.25) is 0 Å². The number of benzene rings is 1. The second kappa shape index (κ2) is 7.60. The lowest BCUT2D eigenvalue weighted by molar-refractivity contribution is -0.117. The average Bonchev–Trinajstić information content (AvgIpc) is 3.32. The number of halogens is 1. The third kappa shape index (κ3) is 3.92. The van der Waals surface area contributed by atoms with E-state index in [2.05, 4.69) is 15.3 Å². The SMILES string of the molecule is CN(C(=O)Oc1nnc2ccc(-c3ccc(N4CCCC4=O)c(F)c3)nn12)C(C)(C)C. The van der Waals surface area contributed by atoms with Gasteiger partial charge in [-0.1, -0.05) is 11.2 Å². The third-order valence-electron chi connectivity index (χ3n) is 5.30. The molecule has 162 valence electrons. The van der Waals surface area contributed by atoms with Crippen molar-refractivity contribution >= 4 is 23.3 Å². The molecule has 4 rings (SSSR count). The Hall–Kier alpha value is -3.56. The van der Waals surface area contributed by atoms with Crippen molar-refractivity contribution in [3.05, 3.63) is 36.1 Å². The van der Waals surface area contributed by atoms with Crippen molar-refractivity contribution in [3.63, 3.8) is 0 Å². The molecule has 0 radical (unpaired) electrons. The minimum Gasteiger partial charge on any atom is -0.373 e. The molecule has 9 nitrogen and oxygen atoms in total. The van der Waals surface area contributed by atoms with Crippen molar-refractivity contribution in [2.75, 3.05) is 18.5 Å². The molecule has 0 atom stereocenters. The molecule has 3 aromatic rings. The van der Waals surface area contributed by atoms with Crippen LogP contribution in [0.5, 0.6) is 6.01 Å². The predicted molar refractivity (Wildman–Crippen MR) is 111 cm³/mol. The maximum absolute atomic E-state index is 14.7. The zero-order chi connectivity index (χ0) is 22.3. The van der Waals surface area contributed by atoms with Crippen molar-refractivity contribution in [2.24, 2.45) is 0 Å². The number of hydrogen-bond donors (Lipinski definition) is 0. The molecule has 0 aliphatic carbocycles. The average molecular weight is 426 g/mol. The Balaban J connectivity index is 1.64. The van der Waals surface area contributed by atoms with Crippen molar-refractivity contribution in [2.45, 2.75) is 39.2 Å². The molecule has 1 saturated heterocycles. The van der Waals surface area contributed by atoms with E-state index in [0.29, 0.717) is 29.9 Å². The van der Waals surface area contributed by atoms with Crippen LogP contribution in [0.25, 0.3) is 16.9 Å². The molecule has 0 N–H and O–H groups in total. The Bertz CT molecular complexity index is 1170. The van der Waals surface area contributed by atoms with E-state index >= 15 is 0 Å². The summed E-state index contributed by atoms with van der Waals surface area (Å²) >= 11 is 0. The number of aromatic nitrogens is 4. The number of nitrogens with zero attached hydrogens (tertiary/aromatic N) is 6. The first kappa shape index (κ1) is 20.7. The van der Waals surface area contributed by atoms with Gasteiger partial charge >= 0.3 is 12.1 Å². The van der Waals surface area contributed by atoms with Crippen LogP contribution in [0, 0.1) is 5.82 Å². The number of carbonyl (C=O) groups excluding carboxylic acids is 2. The molecule has 0 saturated carbocycles. The fourth-order valence-electron chi connectivity index (χ4n) is 3.20. The van der Waals surface area contributed by atoms with Crippen LogP contribution in [0.3, 0.4) is 0 Å². The number of rotatable bonds is 3. The largest absolute Gasteiger partial charge is 0.417 e. The van der Waals surface area contributed by atoms with Crippen LogP contribution in [-0.2, 0) is 4.79 Å². The van der Waals surface area contributed by atoms with E-state index in [9.17, 15) is 14.0 Å². The minimum absolute atomic E-state index is 0.0811. The number of fused-ring (bicyclic) bond motifs is 1. The highest BCUT2D eigenvalue weighted by Crippen LogP contribution is 2.29. The van der Waals surface area contributed by atoms with E-state index in [1.807, 2.05) is 20.8 Å². The van der Waals surface area contributed by atoms with Crippen molar-refractivity contribution < 1.29 is 18.7 Å². The molecule has 0 bridgehead atoms. The van der Waals surface area contributed by atoms with Crippen LogP contribution in [0.4, 0.5) is 14.9 Å². The highest BCUT2D eigenvalue weighted by molar-refractivity contribution is 5.95. The lowest BCUT2D eigenvalue weighted by Crippen LogP contribution is -2.44. The maximum atomic E-state index is 14.7. The Morgan fingerprint density at radius 1 is 1.19 bits per heavy atom. The van der Waals surface area contributed by atoms with Gasteiger partial charge in [0.2, 0.25) is 5.91 Å². The Kier molecular flexibility index (Phi) is 5.08. The van der Waals surface area contributed by atoms with Gasteiger partial charge in [0.25, 0.3) is 0 Å². The lowest BCUT2D eigenvalue weighted by atomic mass is 10.1. The van der Waals surface area contributed by atoms with Gasteiger partial charge in [-0.2, -0.15) is 9.61 Å². The topological polar surface area (TPSA) is 92.9 Å². The van der Waals surface area contributed by atoms with Crippen molar-refractivity contribution in [1.82, 2.24) is 24.7 Å². The quantitative estimate of drug-likeness (QED) is 0.638. The minimum atomic E-state index is -0.598. The van der Waals surface area contributed by atoms with E-state index in [4.69, 9.17) is 4.74 Å². The van der Waals surface area contributed by atoms with Crippen LogP contribution in [0.15, 0.2) is 30.3 Å². The standard InChI is InChI=1S/C21H23FN6O3/c1-21(2,3)26(4)20(30)31-19-24-23-17-10-8-15(25-28(17)19)13-7-9-16(14(22)12-13)27-11-5-6-18(27)29/h7-10,12H,5-6,11H2,1-4H3. The molecule has 1 aliphatic rings. The lowest BCUT2D eigenvalue weighted by Gasteiger charge is -2.30. The van der Waals surface area contributed by atoms with Gasteiger partial charge in [-0.25, -0.2) is 9.18 Å². The molecular weight excluding hydrogens is 403 g/mol. The maximum Gasteiger partial charge on any atom is 0.417 e. The molecule has 0 spiro atoms. The summed E-state index contributed by atoms with van der Waals surface area (Å²) in [6, 6.07) is 7.84. The summed E-state index contributed by atoms with van der Waals surface area (Å²) in [5, 5.41) is 12.3. The molecular formula is C21H23FN6O3. The van der Waals surface area contributed by atoms with Gasteiger partial charge in [0.05, 0.1) is 11.4 Å². The van der Waals surface area contributed by atoms with Crippen LogP contribution in [0.1, 0.15) is 33.6 Å². The molecule has 1 aromatic carbocycles. The molecule has 31 heavy (non-hydrogen) atoms. The second-order valence-corrected chi connectivity index (χ2v) is 8.38. The first-order valence-corrected chi connectivity index (χ1v) is 9.93. The number of ether oxygens (including phenoxy) is 1. The second-order valence-electron chi connectivity index (χ2n) is 8.38. The normalized spacial score (nSPS) is 14.4.